The van der Waals surface area contributed by atoms with Gasteiger partial charge in [0.05, 0.1) is 25.4 Å². The summed E-state index contributed by atoms with van der Waals surface area (Å²) in [7, 11) is 7.55. The maximum atomic E-state index is 12.2. The first-order chi connectivity index (χ1) is 18.6. The molecule has 2 N–H and O–H groups in total. The van der Waals surface area contributed by atoms with Gasteiger partial charge in [-0.05, 0) is 73.6 Å². The third-order valence-electron chi connectivity index (χ3n) is 11.4. The fourth-order valence-electron chi connectivity index (χ4n) is 9.65. The number of benzene rings is 1. The number of ether oxygens (including phenoxy) is 4. The average Bonchev–Trinajstić information content (AvgIpc) is 3.49. The Hall–Kier alpha value is -1.48. The van der Waals surface area contributed by atoms with Crippen LogP contribution >= 0.6 is 0 Å². The second kappa shape index (κ2) is 9.81. The molecule has 1 heterocycles. The highest BCUT2D eigenvalue weighted by atomic mass is 16.7. The Kier molecular flexibility index (Phi) is 6.96. The van der Waals surface area contributed by atoms with E-state index in [0.29, 0.717) is 31.5 Å². The van der Waals surface area contributed by atoms with E-state index in [1.165, 1.54) is 22.4 Å². The molecule has 0 amide bonds. The standard InChI is InChI=1S/C32H47NO6/c1-29-18-24(21-6-8-22(9-7-21)33(2)3)28-23(25(29)12-15-32(29,37-5)27(34)19-36-4)10-13-30(35)20-31(14-11-26(28)30)38-16-17-39-31/h6-9,23-25,27,34-35H,10-20H2,1-5H3/t23-,24+,25-,27?,29-,30+,32-/m0/s1. The highest BCUT2D eigenvalue weighted by Crippen LogP contribution is 2.69. The van der Waals surface area contributed by atoms with Crippen LogP contribution in [0.2, 0.25) is 0 Å². The van der Waals surface area contributed by atoms with Gasteiger partial charge in [0.2, 0.25) is 0 Å². The molecule has 1 aromatic carbocycles. The van der Waals surface area contributed by atoms with Crippen LogP contribution in [0, 0.1) is 17.3 Å². The van der Waals surface area contributed by atoms with Gasteiger partial charge < -0.3 is 34.1 Å². The van der Waals surface area contributed by atoms with E-state index in [1.54, 1.807) is 14.2 Å². The van der Waals surface area contributed by atoms with E-state index in [0.717, 1.165) is 44.9 Å². The first kappa shape index (κ1) is 27.7. The molecule has 5 aliphatic rings. The monoisotopic (exact) mass is 541 g/mol. The van der Waals surface area contributed by atoms with Gasteiger partial charge >= 0.3 is 0 Å². The molecule has 6 rings (SSSR count). The molecule has 0 bridgehead atoms. The Labute approximate surface area is 233 Å². The Morgan fingerprint density at radius 2 is 1.77 bits per heavy atom. The number of nitrogens with zero attached hydrogens (tertiary/aromatic N) is 1. The molecular weight excluding hydrogens is 494 g/mol. The van der Waals surface area contributed by atoms with Crippen LogP contribution in [0.1, 0.15) is 69.8 Å². The average molecular weight is 542 g/mol. The summed E-state index contributed by atoms with van der Waals surface area (Å²) in [6.45, 7) is 3.83. The minimum Gasteiger partial charge on any atom is -0.388 e. The van der Waals surface area contributed by atoms with E-state index in [1.807, 2.05) is 0 Å². The van der Waals surface area contributed by atoms with Crippen molar-refractivity contribution in [2.24, 2.45) is 17.3 Å². The lowest BCUT2D eigenvalue weighted by Crippen LogP contribution is -2.60. The van der Waals surface area contributed by atoms with Crippen LogP contribution in [0.15, 0.2) is 35.4 Å². The van der Waals surface area contributed by atoms with Gasteiger partial charge in [0, 0.05) is 58.2 Å². The maximum absolute atomic E-state index is 12.2. The number of rotatable bonds is 6. The van der Waals surface area contributed by atoms with Crippen LogP contribution in [-0.2, 0) is 18.9 Å². The SMILES string of the molecule is COCC(O)[C@@]1(OC)CC[C@H]2[C@@H]3CC[C@@]4(O)CC5(CCC4=C3[C@@H](c3ccc(N(C)C)cc3)C[C@@]21C)OCCO5. The molecule has 1 aromatic rings. The largest absolute Gasteiger partial charge is 0.388 e. The van der Waals surface area contributed by atoms with Crippen molar-refractivity contribution in [3.8, 4) is 0 Å². The molecule has 0 radical (unpaired) electrons. The van der Waals surface area contributed by atoms with Crippen LogP contribution in [0.5, 0.6) is 0 Å². The molecule has 3 saturated carbocycles. The van der Waals surface area contributed by atoms with Crippen molar-refractivity contribution in [1.29, 1.82) is 0 Å². The van der Waals surface area contributed by atoms with Crippen LogP contribution in [-0.4, -0.2) is 81.4 Å². The number of methoxy groups -OCH3 is 2. The first-order valence-corrected chi connectivity index (χ1v) is 14.9. The van der Waals surface area contributed by atoms with Crippen molar-refractivity contribution in [2.45, 2.75) is 87.3 Å². The molecule has 1 saturated heterocycles. The lowest BCUT2D eigenvalue weighted by molar-refractivity contribution is -0.210. The molecule has 4 fully saturated rings. The van der Waals surface area contributed by atoms with E-state index >= 15 is 0 Å². The van der Waals surface area contributed by atoms with Gasteiger partial charge in [-0.15, -0.1) is 0 Å². The topological polar surface area (TPSA) is 80.6 Å². The first-order valence-electron chi connectivity index (χ1n) is 14.9. The van der Waals surface area contributed by atoms with Gasteiger partial charge in [-0.25, -0.2) is 0 Å². The van der Waals surface area contributed by atoms with E-state index < -0.39 is 23.1 Å². The number of anilines is 1. The van der Waals surface area contributed by atoms with Gasteiger partial charge in [-0.2, -0.15) is 0 Å². The predicted octanol–water partition coefficient (Wildman–Crippen LogP) is 4.41. The van der Waals surface area contributed by atoms with Crippen molar-refractivity contribution < 1.29 is 29.2 Å². The quantitative estimate of drug-likeness (QED) is 0.517. The predicted molar refractivity (Wildman–Crippen MR) is 150 cm³/mol. The molecule has 1 aliphatic heterocycles. The van der Waals surface area contributed by atoms with Crippen LogP contribution in [0.3, 0.4) is 0 Å². The summed E-state index contributed by atoms with van der Waals surface area (Å²) in [6, 6.07) is 8.94. The van der Waals surface area contributed by atoms with Gasteiger partial charge in [0.1, 0.15) is 11.7 Å². The second-order valence-corrected chi connectivity index (χ2v) is 13.3. The highest BCUT2D eigenvalue weighted by Gasteiger charge is 2.67. The molecule has 7 atom stereocenters. The van der Waals surface area contributed by atoms with E-state index in [9.17, 15) is 10.2 Å². The summed E-state index contributed by atoms with van der Waals surface area (Å²) in [5, 5.41) is 23.7. The second-order valence-electron chi connectivity index (χ2n) is 13.3. The summed E-state index contributed by atoms with van der Waals surface area (Å²) >= 11 is 0. The molecule has 0 aromatic heterocycles. The van der Waals surface area contributed by atoms with Crippen LogP contribution in [0.4, 0.5) is 5.69 Å². The maximum Gasteiger partial charge on any atom is 0.171 e. The van der Waals surface area contributed by atoms with E-state index in [4.69, 9.17) is 18.9 Å². The minimum absolute atomic E-state index is 0.149. The van der Waals surface area contributed by atoms with Crippen LogP contribution in [0.25, 0.3) is 0 Å². The summed E-state index contributed by atoms with van der Waals surface area (Å²) in [5.41, 5.74) is 3.35. The lowest BCUT2D eigenvalue weighted by atomic mass is 9.49. The number of hydrogen-bond donors (Lipinski definition) is 2. The number of allylic oxidation sites excluding steroid dienone is 1. The molecule has 7 nitrogen and oxygen atoms in total. The van der Waals surface area contributed by atoms with Gasteiger partial charge in [-0.1, -0.05) is 24.6 Å². The minimum atomic E-state index is -0.892. The summed E-state index contributed by atoms with van der Waals surface area (Å²) in [6.07, 6.45) is 5.78. The molecule has 1 spiro atoms. The molecule has 4 aliphatic carbocycles. The molecule has 39 heavy (non-hydrogen) atoms. The third kappa shape index (κ3) is 4.06. The number of aliphatic hydroxyl groups excluding tert-OH is 1. The number of fused-ring (bicyclic) bond motifs is 4. The van der Waals surface area contributed by atoms with Crippen molar-refractivity contribution in [3.63, 3.8) is 0 Å². The smallest absolute Gasteiger partial charge is 0.171 e. The van der Waals surface area contributed by atoms with Gasteiger partial charge in [0.25, 0.3) is 0 Å². The van der Waals surface area contributed by atoms with Crippen molar-refractivity contribution in [1.82, 2.24) is 0 Å². The van der Waals surface area contributed by atoms with Crippen LogP contribution < -0.4 is 4.90 Å². The fraction of sp³-hybridized carbons (Fsp3) is 0.750. The zero-order valence-corrected chi connectivity index (χ0v) is 24.4. The Bertz CT molecular complexity index is 1100. The normalized spacial score (nSPS) is 39.8. The molecule has 1 unspecified atom stereocenters. The Balaban J connectivity index is 1.47. The summed E-state index contributed by atoms with van der Waals surface area (Å²) in [5.74, 6) is 0.239. The Morgan fingerprint density at radius 1 is 1.05 bits per heavy atom. The molecule has 7 heteroatoms. The van der Waals surface area contributed by atoms with Gasteiger partial charge in [0.15, 0.2) is 5.79 Å². The fourth-order valence-corrected chi connectivity index (χ4v) is 9.65. The Morgan fingerprint density at radius 3 is 2.41 bits per heavy atom. The zero-order chi connectivity index (χ0) is 27.6. The summed E-state index contributed by atoms with van der Waals surface area (Å²) in [4.78, 5) is 2.13. The van der Waals surface area contributed by atoms with Crippen molar-refractivity contribution in [3.05, 3.63) is 41.0 Å². The molecule has 216 valence electrons. The zero-order valence-electron chi connectivity index (χ0n) is 24.4. The molecular formula is C32H47NO6. The van der Waals surface area contributed by atoms with Gasteiger partial charge in [-0.3, -0.25) is 0 Å². The third-order valence-corrected chi connectivity index (χ3v) is 11.4. The number of hydrogen-bond acceptors (Lipinski definition) is 7. The highest BCUT2D eigenvalue weighted by molar-refractivity contribution is 5.50. The lowest BCUT2D eigenvalue weighted by Gasteiger charge is -2.59. The van der Waals surface area contributed by atoms with Crippen molar-refractivity contribution >= 4 is 5.69 Å². The van der Waals surface area contributed by atoms with E-state index in [-0.39, 0.29) is 17.9 Å². The summed E-state index contributed by atoms with van der Waals surface area (Å²) < 4.78 is 24.0. The van der Waals surface area contributed by atoms with Crippen molar-refractivity contribution in [2.75, 3.05) is 53.0 Å². The van der Waals surface area contributed by atoms with E-state index in [2.05, 4.69) is 50.2 Å². The number of aliphatic hydroxyl groups is 2.